The highest BCUT2D eigenvalue weighted by molar-refractivity contribution is 6.40. The highest BCUT2D eigenvalue weighted by Crippen LogP contribution is 2.32. The number of halogens is 3. The first-order valence-corrected chi connectivity index (χ1v) is 5.37. The minimum atomic E-state index is -4.37. The van der Waals surface area contributed by atoms with Crippen molar-refractivity contribution in [1.82, 2.24) is 0 Å². The molecule has 0 nitrogen and oxygen atoms in total. The molecule has 0 atom stereocenters. The van der Waals surface area contributed by atoms with Gasteiger partial charge in [0.25, 0.3) is 0 Å². The second kappa shape index (κ2) is 4.79. The van der Waals surface area contributed by atoms with Crippen LogP contribution in [0.4, 0.5) is 13.2 Å². The average Bonchev–Trinajstić information content (AvgIpc) is 2.14. The fourth-order valence-corrected chi connectivity index (χ4v) is 1.61. The molecule has 5 heteroatoms. The minimum absolute atomic E-state index is 0.291. The average molecular weight is 236 g/mol. The van der Waals surface area contributed by atoms with E-state index in [1.54, 1.807) is 24.3 Å². The van der Waals surface area contributed by atoms with E-state index in [-0.39, 0.29) is 0 Å². The second-order valence-corrected chi connectivity index (χ2v) is 4.61. The Hall–Kier alpha value is -0.860. The molecule has 0 N–H and O–H groups in total. The van der Waals surface area contributed by atoms with Gasteiger partial charge in [-0.1, -0.05) is 48.9 Å². The van der Waals surface area contributed by atoms with Crippen molar-refractivity contribution in [3.05, 3.63) is 35.4 Å². The Labute approximate surface area is 102 Å². The SMILES string of the molecule is [B]C([B])(CC(F)(F)F)c1ccc(C(C)C)cc1. The molecule has 17 heavy (non-hydrogen) atoms. The summed E-state index contributed by atoms with van der Waals surface area (Å²) in [5, 5.41) is -1.87. The quantitative estimate of drug-likeness (QED) is 0.706. The second-order valence-electron chi connectivity index (χ2n) is 4.61. The largest absolute Gasteiger partial charge is 0.388 e. The summed E-state index contributed by atoms with van der Waals surface area (Å²) in [4.78, 5) is 0. The van der Waals surface area contributed by atoms with Crippen LogP contribution < -0.4 is 0 Å². The van der Waals surface area contributed by atoms with Crippen molar-refractivity contribution in [2.45, 2.75) is 37.6 Å². The van der Waals surface area contributed by atoms with Gasteiger partial charge in [-0.2, -0.15) is 13.2 Å². The van der Waals surface area contributed by atoms with E-state index >= 15 is 0 Å². The lowest BCUT2D eigenvalue weighted by Crippen LogP contribution is -2.33. The summed E-state index contributed by atoms with van der Waals surface area (Å²) in [5.74, 6) is 0.316. The van der Waals surface area contributed by atoms with E-state index in [2.05, 4.69) is 0 Å². The zero-order valence-electron chi connectivity index (χ0n) is 9.88. The fraction of sp³-hybridized carbons (Fsp3) is 0.500. The van der Waals surface area contributed by atoms with Gasteiger partial charge in [-0.05, 0) is 11.5 Å². The van der Waals surface area contributed by atoms with E-state index in [1.807, 2.05) is 13.8 Å². The van der Waals surface area contributed by atoms with Crippen LogP contribution in [-0.2, 0) is 5.21 Å². The van der Waals surface area contributed by atoms with Crippen molar-refractivity contribution in [1.29, 1.82) is 0 Å². The van der Waals surface area contributed by atoms with Crippen LogP contribution in [0.1, 0.15) is 37.3 Å². The van der Waals surface area contributed by atoms with E-state index in [4.69, 9.17) is 15.7 Å². The van der Waals surface area contributed by atoms with E-state index in [1.165, 1.54) is 0 Å². The molecular formula is C12H13B2F3. The standard InChI is InChI=1S/C12H13B2F3/c1-8(2)9-3-5-10(6-4-9)11(13,14)7-12(15,16)17/h3-6,8H,7H2,1-2H3. The number of hydrogen-bond donors (Lipinski definition) is 0. The molecule has 0 bridgehead atoms. The van der Waals surface area contributed by atoms with Gasteiger partial charge in [-0.25, -0.2) is 0 Å². The maximum absolute atomic E-state index is 12.3. The van der Waals surface area contributed by atoms with Crippen molar-refractivity contribution >= 4 is 15.7 Å². The van der Waals surface area contributed by atoms with Gasteiger partial charge >= 0.3 is 6.18 Å². The molecule has 0 aliphatic heterocycles. The fourth-order valence-electron chi connectivity index (χ4n) is 1.61. The Bertz CT molecular complexity index is 366. The highest BCUT2D eigenvalue weighted by atomic mass is 19.4. The van der Waals surface area contributed by atoms with Crippen molar-refractivity contribution < 1.29 is 13.2 Å². The molecule has 0 aromatic heterocycles. The smallest absolute Gasteiger partial charge is 0.171 e. The molecule has 1 aromatic carbocycles. The van der Waals surface area contributed by atoms with E-state index in [0.29, 0.717) is 11.5 Å². The molecule has 1 rings (SSSR count). The van der Waals surface area contributed by atoms with Crippen LogP contribution in [0, 0.1) is 0 Å². The summed E-state index contributed by atoms with van der Waals surface area (Å²) in [6.07, 6.45) is -5.61. The van der Waals surface area contributed by atoms with Gasteiger partial charge in [-0.15, -0.1) is 0 Å². The molecular weight excluding hydrogens is 223 g/mol. The molecule has 0 saturated heterocycles. The molecule has 0 amide bonds. The predicted molar refractivity (Wildman–Crippen MR) is 64.4 cm³/mol. The van der Waals surface area contributed by atoms with Crippen molar-refractivity contribution in [3.63, 3.8) is 0 Å². The molecule has 88 valence electrons. The molecule has 0 aliphatic carbocycles. The zero-order valence-corrected chi connectivity index (χ0v) is 9.88. The Morgan fingerprint density at radius 3 is 1.88 bits per heavy atom. The highest BCUT2D eigenvalue weighted by Gasteiger charge is 2.36. The van der Waals surface area contributed by atoms with Gasteiger partial charge in [-0.3, -0.25) is 0 Å². The molecule has 0 unspecified atom stereocenters. The Balaban J connectivity index is 2.92. The van der Waals surface area contributed by atoms with Gasteiger partial charge < -0.3 is 0 Å². The summed E-state index contributed by atoms with van der Waals surface area (Å²) in [6, 6.07) is 6.62. The van der Waals surface area contributed by atoms with E-state index in [9.17, 15) is 13.2 Å². The van der Waals surface area contributed by atoms with E-state index in [0.717, 1.165) is 5.56 Å². The Kier molecular flexibility index (Phi) is 4.00. The van der Waals surface area contributed by atoms with Crippen molar-refractivity contribution in [3.8, 4) is 0 Å². The molecule has 0 heterocycles. The minimum Gasteiger partial charge on any atom is -0.171 e. The Morgan fingerprint density at radius 1 is 1.06 bits per heavy atom. The number of benzene rings is 1. The third-order valence-electron chi connectivity index (χ3n) is 2.61. The van der Waals surface area contributed by atoms with Crippen LogP contribution in [0.3, 0.4) is 0 Å². The topological polar surface area (TPSA) is 0 Å². The number of rotatable bonds is 3. The molecule has 0 aliphatic rings. The summed E-state index contributed by atoms with van der Waals surface area (Å²) in [6.45, 7) is 4.01. The molecule has 4 radical (unpaired) electrons. The van der Waals surface area contributed by atoms with Crippen LogP contribution in [0.5, 0.6) is 0 Å². The third-order valence-corrected chi connectivity index (χ3v) is 2.61. The monoisotopic (exact) mass is 236 g/mol. The molecule has 0 saturated carbocycles. The Morgan fingerprint density at radius 2 is 1.53 bits per heavy atom. The lowest BCUT2D eigenvalue weighted by Gasteiger charge is -2.28. The maximum Gasteiger partial charge on any atom is 0.388 e. The summed E-state index contributed by atoms with van der Waals surface area (Å²) >= 11 is 0. The summed E-state index contributed by atoms with van der Waals surface area (Å²) in [7, 11) is 11.0. The van der Waals surface area contributed by atoms with Gasteiger partial charge in [0.2, 0.25) is 0 Å². The predicted octanol–water partition coefficient (Wildman–Crippen LogP) is 3.25. The molecule has 1 aromatic rings. The zero-order chi connectivity index (χ0) is 13.3. The lowest BCUT2D eigenvalue weighted by molar-refractivity contribution is -0.137. The van der Waals surface area contributed by atoms with Crippen LogP contribution in [0.15, 0.2) is 24.3 Å². The number of alkyl halides is 3. The first-order valence-electron chi connectivity index (χ1n) is 5.37. The van der Waals surface area contributed by atoms with Crippen LogP contribution >= 0.6 is 0 Å². The van der Waals surface area contributed by atoms with Gasteiger partial charge in [0, 0.05) is 6.42 Å². The van der Waals surface area contributed by atoms with Crippen molar-refractivity contribution in [2.24, 2.45) is 0 Å². The van der Waals surface area contributed by atoms with Gasteiger partial charge in [0.1, 0.15) is 0 Å². The third kappa shape index (κ3) is 4.14. The first kappa shape index (κ1) is 14.2. The molecule has 0 fully saturated rings. The summed E-state index contributed by atoms with van der Waals surface area (Å²) < 4.78 is 36.9. The maximum atomic E-state index is 12.3. The van der Waals surface area contributed by atoms with E-state index < -0.39 is 17.8 Å². The lowest BCUT2D eigenvalue weighted by atomic mass is 9.49. The number of hydrogen-bond acceptors (Lipinski definition) is 0. The normalized spacial score (nSPS) is 13.1. The molecule has 0 spiro atoms. The first-order chi connectivity index (χ1) is 7.62. The van der Waals surface area contributed by atoms with Crippen molar-refractivity contribution in [2.75, 3.05) is 0 Å². The van der Waals surface area contributed by atoms with Gasteiger partial charge in [0.05, 0.1) is 15.7 Å². The van der Waals surface area contributed by atoms with Crippen LogP contribution in [0.25, 0.3) is 0 Å². The van der Waals surface area contributed by atoms with Gasteiger partial charge in [0.15, 0.2) is 0 Å². The van der Waals surface area contributed by atoms with Crippen LogP contribution in [-0.4, -0.2) is 21.9 Å². The van der Waals surface area contributed by atoms with Crippen LogP contribution in [0.2, 0.25) is 0 Å². The summed E-state index contributed by atoms with van der Waals surface area (Å²) in [5.41, 5.74) is 1.33.